The summed E-state index contributed by atoms with van der Waals surface area (Å²) in [7, 11) is 1.66. The van der Waals surface area contributed by atoms with Gasteiger partial charge in [-0.15, -0.1) is 0 Å². The van der Waals surface area contributed by atoms with Crippen molar-refractivity contribution in [3.63, 3.8) is 0 Å². The molecule has 3 fully saturated rings. The molecule has 3 aliphatic rings. The minimum atomic E-state index is 0.297. The fourth-order valence-corrected chi connectivity index (χ4v) is 4.47. The largest absolute Gasteiger partial charge is 0.377 e. The molecule has 1 saturated carbocycles. The molecule has 6 heteroatoms. The minimum Gasteiger partial charge on any atom is -0.377 e. The third-order valence-electron chi connectivity index (χ3n) is 5.86. The number of hydrogen-bond donors (Lipinski definition) is 0. The van der Waals surface area contributed by atoms with Crippen LogP contribution in [-0.4, -0.2) is 58.5 Å². The van der Waals surface area contributed by atoms with Gasteiger partial charge in [0.05, 0.1) is 0 Å². The number of carbonyl (C=O) groups is 1. The lowest BCUT2D eigenvalue weighted by atomic mass is 9.73. The van der Waals surface area contributed by atoms with Crippen molar-refractivity contribution in [2.45, 2.75) is 57.7 Å². The Balaban J connectivity index is 1.39. The lowest BCUT2D eigenvalue weighted by molar-refractivity contribution is -0.140. The van der Waals surface area contributed by atoms with Gasteiger partial charge in [-0.2, -0.15) is 0 Å². The van der Waals surface area contributed by atoms with Gasteiger partial charge in [0.25, 0.3) is 0 Å². The van der Waals surface area contributed by atoms with E-state index in [0.717, 1.165) is 50.4 Å². The maximum atomic E-state index is 12.2. The fraction of sp³-hybridized carbons (Fsp3) is 0.737. The molecule has 1 aromatic heterocycles. The second-order valence-electron chi connectivity index (χ2n) is 8.01. The van der Waals surface area contributed by atoms with Crippen molar-refractivity contribution in [3.05, 3.63) is 23.8 Å². The van der Waals surface area contributed by atoms with Crippen molar-refractivity contribution >= 4 is 5.91 Å². The Kier molecular flexibility index (Phi) is 4.73. The molecule has 25 heavy (non-hydrogen) atoms. The molecule has 2 saturated heterocycles. The Morgan fingerprint density at radius 3 is 2.76 bits per heavy atom. The molecule has 3 heterocycles. The summed E-state index contributed by atoms with van der Waals surface area (Å²) in [5.74, 6) is 1.11. The first-order valence-electron chi connectivity index (χ1n) is 9.48. The van der Waals surface area contributed by atoms with E-state index in [0.29, 0.717) is 24.0 Å². The van der Waals surface area contributed by atoms with E-state index in [9.17, 15) is 4.79 Å². The van der Waals surface area contributed by atoms with E-state index < -0.39 is 0 Å². The molecular formula is C19H28N4O2. The number of ether oxygens (including phenoxy) is 1. The van der Waals surface area contributed by atoms with Crippen LogP contribution in [0.25, 0.3) is 0 Å². The van der Waals surface area contributed by atoms with Gasteiger partial charge >= 0.3 is 0 Å². The summed E-state index contributed by atoms with van der Waals surface area (Å²) in [6.45, 7) is 4.53. The SMILES string of the molecule is COCc1ncc(CN2CCC[C@@]3(CCC(=O)N(C4CC4)C3)C2)cn1. The number of amides is 1. The number of piperidine rings is 2. The zero-order valence-corrected chi connectivity index (χ0v) is 15.1. The molecule has 0 unspecified atom stereocenters. The van der Waals surface area contributed by atoms with Crippen LogP contribution in [0.15, 0.2) is 12.4 Å². The van der Waals surface area contributed by atoms with E-state index in [-0.39, 0.29) is 0 Å². The number of likely N-dealkylation sites (tertiary alicyclic amines) is 2. The minimum absolute atomic E-state index is 0.297. The maximum Gasteiger partial charge on any atom is 0.222 e. The van der Waals surface area contributed by atoms with E-state index >= 15 is 0 Å². The van der Waals surface area contributed by atoms with Crippen LogP contribution in [0.2, 0.25) is 0 Å². The third kappa shape index (κ3) is 3.85. The smallest absolute Gasteiger partial charge is 0.222 e. The van der Waals surface area contributed by atoms with Crippen LogP contribution in [-0.2, 0) is 22.7 Å². The van der Waals surface area contributed by atoms with E-state index in [1.54, 1.807) is 7.11 Å². The Bertz CT molecular complexity index is 616. The zero-order valence-electron chi connectivity index (χ0n) is 15.1. The number of nitrogens with zero attached hydrogens (tertiary/aromatic N) is 4. The van der Waals surface area contributed by atoms with E-state index in [1.165, 1.54) is 25.7 Å². The van der Waals surface area contributed by atoms with E-state index in [1.807, 2.05) is 12.4 Å². The van der Waals surface area contributed by atoms with Crippen molar-refractivity contribution in [1.82, 2.24) is 19.8 Å². The predicted octanol–water partition coefficient (Wildman–Crippen LogP) is 1.99. The molecule has 1 amide bonds. The molecule has 1 aromatic rings. The first-order chi connectivity index (χ1) is 12.2. The molecule has 136 valence electrons. The van der Waals surface area contributed by atoms with Gasteiger partial charge < -0.3 is 9.64 Å². The Morgan fingerprint density at radius 1 is 1.24 bits per heavy atom. The molecule has 1 spiro atoms. The highest BCUT2D eigenvalue weighted by atomic mass is 16.5. The van der Waals surface area contributed by atoms with Gasteiger partial charge in [0.1, 0.15) is 6.61 Å². The summed E-state index contributed by atoms with van der Waals surface area (Å²) >= 11 is 0. The predicted molar refractivity (Wildman–Crippen MR) is 93.7 cm³/mol. The third-order valence-corrected chi connectivity index (χ3v) is 5.86. The molecule has 0 bridgehead atoms. The van der Waals surface area contributed by atoms with Crippen LogP contribution < -0.4 is 0 Å². The normalized spacial score (nSPS) is 27.9. The van der Waals surface area contributed by atoms with Gasteiger partial charge in [-0.3, -0.25) is 9.69 Å². The standard InChI is InChI=1S/C19H28N4O2/c1-25-12-17-20-9-15(10-21-17)11-22-8-2-6-19(13-22)7-5-18(24)23(14-19)16-3-4-16/h9-10,16H,2-8,11-14H2,1H3/t19-/m1/s1. The second kappa shape index (κ2) is 7.00. The first-order valence-corrected chi connectivity index (χ1v) is 9.48. The summed E-state index contributed by atoms with van der Waals surface area (Å²) in [6, 6.07) is 0.543. The van der Waals surface area contributed by atoms with Crippen LogP contribution in [0, 0.1) is 5.41 Å². The molecule has 1 atom stereocenters. The number of aromatic nitrogens is 2. The van der Waals surface area contributed by atoms with E-state index in [2.05, 4.69) is 19.8 Å². The molecule has 0 aromatic carbocycles. The maximum absolute atomic E-state index is 12.2. The lowest BCUT2D eigenvalue weighted by Gasteiger charge is -2.48. The quantitative estimate of drug-likeness (QED) is 0.818. The highest BCUT2D eigenvalue weighted by molar-refractivity contribution is 5.78. The summed E-state index contributed by atoms with van der Waals surface area (Å²) in [4.78, 5) is 25.7. The molecule has 1 aliphatic carbocycles. The van der Waals surface area contributed by atoms with Gasteiger partial charge in [0.2, 0.25) is 5.91 Å². The van der Waals surface area contributed by atoms with Crippen molar-refractivity contribution in [2.75, 3.05) is 26.7 Å². The van der Waals surface area contributed by atoms with Crippen molar-refractivity contribution in [2.24, 2.45) is 5.41 Å². The number of rotatable bonds is 5. The van der Waals surface area contributed by atoms with Crippen LogP contribution in [0.3, 0.4) is 0 Å². The van der Waals surface area contributed by atoms with Crippen LogP contribution in [0.4, 0.5) is 0 Å². The van der Waals surface area contributed by atoms with Crippen molar-refractivity contribution in [1.29, 1.82) is 0 Å². The van der Waals surface area contributed by atoms with Crippen LogP contribution in [0.1, 0.15) is 49.9 Å². The van der Waals surface area contributed by atoms with E-state index in [4.69, 9.17) is 4.74 Å². The van der Waals surface area contributed by atoms with Crippen molar-refractivity contribution in [3.8, 4) is 0 Å². The van der Waals surface area contributed by atoms with Crippen LogP contribution in [0.5, 0.6) is 0 Å². The van der Waals surface area contributed by atoms with Gasteiger partial charge in [-0.05, 0) is 38.6 Å². The zero-order chi connectivity index (χ0) is 17.3. The van der Waals surface area contributed by atoms with Gasteiger partial charge in [0, 0.05) is 62.6 Å². The summed E-state index contributed by atoms with van der Waals surface area (Å²) < 4.78 is 5.07. The fourth-order valence-electron chi connectivity index (χ4n) is 4.47. The Hall–Kier alpha value is -1.53. The van der Waals surface area contributed by atoms with Gasteiger partial charge in [-0.1, -0.05) is 0 Å². The first kappa shape index (κ1) is 16.9. The summed E-state index contributed by atoms with van der Waals surface area (Å²) in [5, 5.41) is 0. The average Bonchev–Trinajstić information content (AvgIpc) is 3.45. The van der Waals surface area contributed by atoms with Gasteiger partial charge in [0.15, 0.2) is 5.82 Å². The Morgan fingerprint density at radius 2 is 2.04 bits per heavy atom. The van der Waals surface area contributed by atoms with Gasteiger partial charge in [-0.25, -0.2) is 9.97 Å². The molecule has 0 N–H and O–H groups in total. The monoisotopic (exact) mass is 344 g/mol. The number of carbonyl (C=O) groups excluding carboxylic acids is 1. The molecule has 2 aliphatic heterocycles. The lowest BCUT2D eigenvalue weighted by Crippen LogP contribution is -2.54. The number of methoxy groups -OCH3 is 1. The molecule has 6 nitrogen and oxygen atoms in total. The highest BCUT2D eigenvalue weighted by Crippen LogP contribution is 2.42. The second-order valence-corrected chi connectivity index (χ2v) is 8.01. The average molecular weight is 344 g/mol. The molecular weight excluding hydrogens is 316 g/mol. The summed E-state index contributed by atoms with van der Waals surface area (Å²) in [5.41, 5.74) is 1.45. The van der Waals surface area contributed by atoms with Crippen LogP contribution >= 0.6 is 0 Å². The highest BCUT2D eigenvalue weighted by Gasteiger charge is 2.45. The molecule has 4 rings (SSSR count). The summed E-state index contributed by atoms with van der Waals surface area (Å²) in [6.07, 6.45) is 10.5. The van der Waals surface area contributed by atoms with Crippen molar-refractivity contribution < 1.29 is 9.53 Å². The Labute approximate surface area is 149 Å². The topological polar surface area (TPSA) is 58.6 Å². The molecule has 0 radical (unpaired) electrons. The number of hydrogen-bond acceptors (Lipinski definition) is 5.